The van der Waals surface area contributed by atoms with Gasteiger partial charge in [0.15, 0.2) is 10.8 Å². The molecular formula is C6H5ClN4S. The number of halogens is 1. The Balaban J connectivity index is 2.35. The molecule has 0 bridgehead atoms. The van der Waals surface area contributed by atoms with Crippen LogP contribution in [0.5, 0.6) is 0 Å². The van der Waals surface area contributed by atoms with E-state index < -0.39 is 0 Å². The largest absolute Gasteiger partial charge is 0.257 e. The normalized spacial score (nSPS) is 10.4. The van der Waals surface area contributed by atoms with E-state index in [0.29, 0.717) is 11.7 Å². The highest BCUT2D eigenvalue weighted by molar-refractivity contribution is 7.13. The van der Waals surface area contributed by atoms with E-state index in [2.05, 4.69) is 20.2 Å². The molecule has 6 heteroatoms. The minimum absolute atomic E-state index is 0.435. The van der Waals surface area contributed by atoms with Crippen LogP contribution in [0.3, 0.4) is 0 Å². The van der Waals surface area contributed by atoms with Crippen molar-refractivity contribution in [2.24, 2.45) is 0 Å². The van der Waals surface area contributed by atoms with E-state index in [1.165, 1.54) is 17.7 Å². The molecule has 1 N–H and O–H groups in total. The van der Waals surface area contributed by atoms with E-state index in [9.17, 15) is 0 Å². The second kappa shape index (κ2) is 3.20. The molecule has 0 aromatic carbocycles. The van der Waals surface area contributed by atoms with E-state index >= 15 is 0 Å². The summed E-state index contributed by atoms with van der Waals surface area (Å²) in [5, 5.41) is 9.20. The van der Waals surface area contributed by atoms with Gasteiger partial charge in [-0.2, -0.15) is 5.10 Å². The van der Waals surface area contributed by atoms with Crippen LogP contribution >= 0.6 is 22.9 Å². The van der Waals surface area contributed by atoms with Crippen molar-refractivity contribution in [2.45, 2.75) is 5.88 Å². The molecule has 0 aliphatic heterocycles. The molecular weight excluding hydrogens is 196 g/mol. The average molecular weight is 201 g/mol. The molecule has 0 spiro atoms. The van der Waals surface area contributed by atoms with Crippen molar-refractivity contribution >= 4 is 22.9 Å². The summed E-state index contributed by atoms with van der Waals surface area (Å²) in [5.74, 6) is 1.13. The molecule has 4 nitrogen and oxygen atoms in total. The van der Waals surface area contributed by atoms with Crippen molar-refractivity contribution in [1.82, 2.24) is 20.2 Å². The fourth-order valence-electron chi connectivity index (χ4n) is 0.786. The van der Waals surface area contributed by atoms with Gasteiger partial charge in [-0.3, -0.25) is 5.10 Å². The standard InChI is InChI=1S/C6H5ClN4S/c7-1-4-2-12-6(10-4)5-8-3-9-11-5/h2-3H,1H2,(H,8,9,11). The number of alkyl halides is 1. The lowest BCUT2D eigenvalue weighted by atomic mass is 10.5. The lowest BCUT2D eigenvalue weighted by Crippen LogP contribution is -1.81. The van der Waals surface area contributed by atoms with Gasteiger partial charge in [0.1, 0.15) is 6.33 Å². The van der Waals surface area contributed by atoms with Gasteiger partial charge in [-0.05, 0) is 0 Å². The Labute approximate surface area is 77.6 Å². The number of nitrogens with one attached hydrogen (secondary N) is 1. The van der Waals surface area contributed by atoms with E-state index in [1.807, 2.05) is 5.38 Å². The average Bonchev–Trinajstić information content (AvgIpc) is 2.75. The van der Waals surface area contributed by atoms with Crippen molar-refractivity contribution in [3.63, 3.8) is 0 Å². The first-order chi connectivity index (χ1) is 5.90. The van der Waals surface area contributed by atoms with Gasteiger partial charge in [0.2, 0.25) is 0 Å². The quantitative estimate of drug-likeness (QED) is 0.751. The predicted octanol–water partition coefficient (Wildman–Crippen LogP) is 1.67. The number of aromatic nitrogens is 4. The molecule has 2 aromatic rings. The fourth-order valence-corrected chi connectivity index (χ4v) is 1.78. The van der Waals surface area contributed by atoms with Crippen LogP contribution in [-0.2, 0) is 5.88 Å². The van der Waals surface area contributed by atoms with Crippen molar-refractivity contribution in [3.05, 3.63) is 17.4 Å². The third-order valence-electron chi connectivity index (χ3n) is 1.31. The summed E-state index contributed by atoms with van der Waals surface area (Å²) in [6, 6.07) is 0. The third kappa shape index (κ3) is 1.33. The number of H-pyrrole nitrogens is 1. The van der Waals surface area contributed by atoms with Gasteiger partial charge in [0.25, 0.3) is 0 Å². The minimum Gasteiger partial charge on any atom is -0.257 e. The van der Waals surface area contributed by atoms with Crippen LogP contribution in [0.4, 0.5) is 0 Å². The van der Waals surface area contributed by atoms with Gasteiger partial charge in [-0.15, -0.1) is 22.9 Å². The minimum atomic E-state index is 0.435. The molecule has 2 aromatic heterocycles. The maximum atomic E-state index is 5.60. The molecule has 62 valence electrons. The van der Waals surface area contributed by atoms with Crippen molar-refractivity contribution < 1.29 is 0 Å². The topological polar surface area (TPSA) is 54.5 Å². The first-order valence-electron chi connectivity index (χ1n) is 3.26. The summed E-state index contributed by atoms with van der Waals surface area (Å²) < 4.78 is 0. The Morgan fingerprint density at radius 3 is 3.08 bits per heavy atom. The fraction of sp³-hybridized carbons (Fsp3) is 0.167. The van der Waals surface area contributed by atoms with Crippen LogP contribution < -0.4 is 0 Å². The number of thiazole rings is 1. The van der Waals surface area contributed by atoms with Gasteiger partial charge in [-0.1, -0.05) is 0 Å². The second-order valence-electron chi connectivity index (χ2n) is 2.11. The van der Waals surface area contributed by atoms with Crippen LogP contribution in [0.1, 0.15) is 5.69 Å². The second-order valence-corrected chi connectivity index (χ2v) is 3.24. The first kappa shape index (κ1) is 7.70. The van der Waals surface area contributed by atoms with Gasteiger partial charge >= 0.3 is 0 Å². The van der Waals surface area contributed by atoms with Crippen molar-refractivity contribution in [2.75, 3.05) is 0 Å². The highest BCUT2D eigenvalue weighted by atomic mass is 35.5. The molecule has 0 aliphatic carbocycles. The summed E-state index contributed by atoms with van der Waals surface area (Å²) in [6.07, 6.45) is 1.46. The molecule has 0 aliphatic rings. The Hall–Kier alpha value is -0.940. The number of hydrogen-bond acceptors (Lipinski definition) is 4. The van der Waals surface area contributed by atoms with E-state index in [1.54, 1.807) is 0 Å². The molecule has 0 saturated heterocycles. The maximum Gasteiger partial charge on any atom is 0.184 e. The van der Waals surface area contributed by atoms with Crippen LogP contribution in [0.15, 0.2) is 11.7 Å². The van der Waals surface area contributed by atoms with E-state index in [4.69, 9.17) is 11.6 Å². The van der Waals surface area contributed by atoms with Crippen LogP contribution in [0.25, 0.3) is 10.8 Å². The maximum absolute atomic E-state index is 5.60. The zero-order valence-electron chi connectivity index (χ0n) is 5.99. The van der Waals surface area contributed by atoms with Gasteiger partial charge in [0.05, 0.1) is 11.6 Å². The molecule has 0 atom stereocenters. The highest BCUT2D eigenvalue weighted by Crippen LogP contribution is 2.19. The molecule has 0 saturated carbocycles. The van der Waals surface area contributed by atoms with Crippen molar-refractivity contribution in [3.8, 4) is 10.8 Å². The summed E-state index contributed by atoms with van der Waals surface area (Å²) in [4.78, 5) is 8.20. The summed E-state index contributed by atoms with van der Waals surface area (Å²) in [5.41, 5.74) is 0.869. The Morgan fingerprint density at radius 2 is 2.50 bits per heavy atom. The lowest BCUT2D eigenvalue weighted by molar-refractivity contribution is 1.09. The molecule has 0 fully saturated rings. The monoisotopic (exact) mass is 200 g/mol. The molecule has 2 heterocycles. The predicted molar refractivity (Wildman–Crippen MR) is 47.0 cm³/mol. The molecule has 12 heavy (non-hydrogen) atoms. The molecule has 0 amide bonds. The summed E-state index contributed by atoms with van der Waals surface area (Å²) in [6.45, 7) is 0. The van der Waals surface area contributed by atoms with Crippen LogP contribution in [-0.4, -0.2) is 20.2 Å². The SMILES string of the molecule is ClCc1csc(-c2ncn[nH]2)n1. The number of aromatic amines is 1. The van der Waals surface area contributed by atoms with Gasteiger partial charge in [-0.25, -0.2) is 9.97 Å². The smallest absolute Gasteiger partial charge is 0.184 e. The van der Waals surface area contributed by atoms with E-state index in [-0.39, 0.29) is 0 Å². The van der Waals surface area contributed by atoms with E-state index in [0.717, 1.165) is 10.7 Å². The number of hydrogen-bond donors (Lipinski definition) is 1. The van der Waals surface area contributed by atoms with Gasteiger partial charge in [0, 0.05) is 5.38 Å². The Bertz CT molecular complexity index is 355. The Morgan fingerprint density at radius 1 is 1.58 bits per heavy atom. The van der Waals surface area contributed by atoms with Crippen LogP contribution in [0, 0.1) is 0 Å². The van der Waals surface area contributed by atoms with Gasteiger partial charge < -0.3 is 0 Å². The zero-order chi connectivity index (χ0) is 8.39. The van der Waals surface area contributed by atoms with Crippen molar-refractivity contribution in [1.29, 1.82) is 0 Å². The third-order valence-corrected chi connectivity index (χ3v) is 2.48. The molecule has 0 radical (unpaired) electrons. The summed E-state index contributed by atoms with van der Waals surface area (Å²) in [7, 11) is 0. The number of rotatable bonds is 2. The van der Waals surface area contributed by atoms with Crippen LogP contribution in [0.2, 0.25) is 0 Å². The first-order valence-corrected chi connectivity index (χ1v) is 4.67. The molecule has 0 unspecified atom stereocenters. The summed E-state index contributed by atoms with van der Waals surface area (Å²) >= 11 is 7.10. The number of nitrogens with zero attached hydrogens (tertiary/aromatic N) is 3. The molecule has 2 rings (SSSR count). The lowest BCUT2D eigenvalue weighted by Gasteiger charge is -1.84. The zero-order valence-corrected chi connectivity index (χ0v) is 7.56. The highest BCUT2D eigenvalue weighted by Gasteiger charge is 2.05. The Kier molecular flexibility index (Phi) is 2.05.